The van der Waals surface area contributed by atoms with E-state index in [4.69, 9.17) is 4.74 Å². The number of hydrogen-bond donors (Lipinski definition) is 1. The Morgan fingerprint density at radius 2 is 2.06 bits per heavy atom. The molecule has 0 aliphatic rings. The minimum Gasteiger partial charge on any atom is -0.438 e. The van der Waals surface area contributed by atoms with Crippen LogP contribution < -0.4 is 10.1 Å². The van der Waals surface area contributed by atoms with E-state index in [1.807, 2.05) is 0 Å². The maximum absolute atomic E-state index is 12.9. The zero-order valence-electron chi connectivity index (χ0n) is 9.87. The van der Waals surface area contributed by atoms with Crippen molar-refractivity contribution in [3.63, 3.8) is 0 Å². The Balaban J connectivity index is 2.30. The summed E-state index contributed by atoms with van der Waals surface area (Å²) in [5, 5.41) is 2.91. The highest BCUT2D eigenvalue weighted by atomic mass is 79.9. The van der Waals surface area contributed by atoms with Gasteiger partial charge >= 0.3 is 0 Å². The highest BCUT2D eigenvalue weighted by Crippen LogP contribution is 2.29. The lowest BCUT2D eigenvalue weighted by Gasteiger charge is -2.08. The Labute approximate surface area is 112 Å². The minimum absolute atomic E-state index is 0.330. The molecule has 6 heteroatoms. The lowest BCUT2D eigenvalue weighted by atomic mass is 10.3. The SMILES string of the molecule is CNc1cc(Oc2ccc(F)cc2Br)nc(C)n1. The van der Waals surface area contributed by atoms with E-state index < -0.39 is 0 Å². The van der Waals surface area contributed by atoms with Crippen LogP contribution in [0.25, 0.3) is 0 Å². The molecule has 0 fully saturated rings. The fourth-order valence-corrected chi connectivity index (χ4v) is 1.82. The number of hydrogen-bond acceptors (Lipinski definition) is 4. The number of aromatic nitrogens is 2. The molecule has 0 spiro atoms. The van der Waals surface area contributed by atoms with E-state index in [1.54, 1.807) is 20.0 Å². The average Bonchev–Trinajstić information content (AvgIpc) is 2.32. The monoisotopic (exact) mass is 311 g/mol. The molecule has 1 heterocycles. The second-order valence-corrected chi connectivity index (χ2v) is 4.42. The summed E-state index contributed by atoms with van der Waals surface area (Å²) in [4.78, 5) is 8.31. The third-order valence-corrected chi connectivity index (χ3v) is 2.80. The van der Waals surface area contributed by atoms with E-state index in [-0.39, 0.29) is 5.82 Å². The Morgan fingerprint density at radius 1 is 1.28 bits per heavy atom. The summed E-state index contributed by atoms with van der Waals surface area (Å²) in [6.45, 7) is 1.77. The van der Waals surface area contributed by atoms with Gasteiger partial charge in [0.25, 0.3) is 0 Å². The van der Waals surface area contributed by atoms with Crippen LogP contribution in [0.5, 0.6) is 11.6 Å². The van der Waals surface area contributed by atoms with Gasteiger partial charge in [0.05, 0.1) is 4.47 Å². The summed E-state index contributed by atoms with van der Waals surface area (Å²) in [6, 6.07) is 5.87. The summed E-state index contributed by atoms with van der Waals surface area (Å²) in [5.41, 5.74) is 0. The molecular weight excluding hydrogens is 301 g/mol. The van der Waals surface area contributed by atoms with Gasteiger partial charge in [0.1, 0.15) is 23.2 Å². The normalized spacial score (nSPS) is 10.2. The summed E-state index contributed by atoms with van der Waals surface area (Å²) < 4.78 is 19.1. The van der Waals surface area contributed by atoms with Crippen molar-refractivity contribution in [3.8, 4) is 11.6 Å². The van der Waals surface area contributed by atoms with Crippen LogP contribution in [0.3, 0.4) is 0 Å². The first-order valence-electron chi connectivity index (χ1n) is 5.25. The summed E-state index contributed by atoms with van der Waals surface area (Å²) in [6.07, 6.45) is 0. The van der Waals surface area contributed by atoms with Crippen LogP contribution in [0.15, 0.2) is 28.7 Å². The average molecular weight is 312 g/mol. The van der Waals surface area contributed by atoms with Crippen molar-refractivity contribution in [2.45, 2.75) is 6.92 Å². The second-order valence-electron chi connectivity index (χ2n) is 3.57. The quantitative estimate of drug-likeness (QED) is 0.942. The van der Waals surface area contributed by atoms with Gasteiger partial charge < -0.3 is 10.1 Å². The molecule has 18 heavy (non-hydrogen) atoms. The van der Waals surface area contributed by atoms with Crippen molar-refractivity contribution in [3.05, 3.63) is 40.4 Å². The third kappa shape index (κ3) is 2.95. The molecule has 2 aromatic rings. The van der Waals surface area contributed by atoms with Crippen molar-refractivity contribution >= 4 is 21.7 Å². The van der Waals surface area contributed by atoms with Crippen LogP contribution in [0.1, 0.15) is 5.82 Å². The van der Waals surface area contributed by atoms with E-state index in [1.165, 1.54) is 18.2 Å². The Kier molecular flexibility index (Phi) is 3.76. The summed E-state index contributed by atoms with van der Waals surface area (Å²) in [7, 11) is 1.76. The number of halogens is 2. The fourth-order valence-electron chi connectivity index (χ4n) is 1.39. The molecule has 0 atom stereocenters. The predicted octanol–water partition coefficient (Wildman–Crippen LogP) is 3.52. The first-order chi connectivity index (χ1) is 8.58. The van der Waals surface area contributed by atoms with Crippen LogP contribution in [0, 0.1) is 12.7 Å². The van der Waals surface area contributed by atoms with Crippen LogP contribution in [0.2, 0.25) is 0 Å². The third-order valence-electron chi connectivity index (χ3n) is 2.18. The topological polar surface area (TPSA) is 47.0 Å². The molecule has 0 amide bonds. The van der Waals surface area contributed by atoms with Crippen LogP contribution >= 0.6 is 15.9 Å². The van der Waals surface area contributed by atoms with Gasteiger partial charge in [-0.25, -0.2) is 9.37 Å². The Bertz CT molecular complexity index is 577. The van der Waals surface area contributed by atoms with Crippen molar-refractivity contribution in [1.29, 1.82) is 0 Å². The molecule has 2 rings (SSSR count). The van der Waals surface area contributed by atoms with Gasteiger partial charge in [-0.2, -0.15) is 4.98 Å². The molecule has 1 aromatic heterocycles. The van der Waals surface area contributed by atoms with Crippen LogP contribution in [-0.4, -0.2) is 17.0 Å². The number of benzene rings is 1. The summed E-state index contributed by atoms with van der Waals surface area (Å²) in [5.74, 6) is 1.82. The zero-order chi connectivity index (χ0) is 13.1. The van der Waals surface area contributed by atoms with Crippen molar-refractivity contribution in [2.75, 3.05) is 12.4 Å². The van der Waals surface area contributed by atoms with Gasteiger partial charge in [0, 0.05) is 13.1 Å². The number of rotatable bonds is 3. The number of nitrogens with zero attached hydrogens (tertiary/aromatic N) is 2. The molecule has 0 saturated carbocycles. The molecule has 1 aromatic carbocycles. The van der Waals surface area contributed by atoms with Crippen molar-refractivity contribution in [2.24, 2.45) is 0 Å². The Hall–Kier alpha value is -1.69. The van der Waals surface area contributed by atoms with Gasteiger partial charge in [0.15, 0.2) is 0 Å². The molecule has 94 valence electrons. The van der Waals surface area contributed by atoms with Gasteiger partial charge in [-0.15, -0.1) is 0 Å². The molecule has 0 aliphatic heterocycles. The number of aryl methyl sites for hydroxylation is 1. The molecule has 4 nitrogen and oxygen atoms in total. The minimum atomic E-state index is -0.330. The maximum atomic E-state index is 12.9. The van der Waals surface area contributed by atoms with Crippen molar-refractivity contribution < 1.29 is 9.13 Å². The number of ether oxygens (including phenoxy) is 1. The standard InChI is InChI=1S/C12H11BrFN3O/c1-7-16-11(15-2)6-12(17-7)18-10-4-3-8(14)5-9(10)13/h3-6H,1-2H3,(H,15,16,17). The maximum Gasteiger partial charge on any atom is 0.224 e. The van der Waals surface area contributed by atoms with Gasteiger partial charge in [0.2, 0.25) is 5.88 Å². The number of anilines is 1. The number of nitrogens with one attached hydrogen (secondary N) is 1. The van der Waals surface area contributed by atoms with Gasteiger partial charge in [-0.1, -0.05) is 0 Å². The summed E-state index contributed by atoms with van der Waals surface area (Å²) >= 11 is 3.23. The molecule has 0 bridgehead atoms. The zero-order valence-corrected chi connectivity index (χ0v) is 11.5. The predicted molar refractivity (Wildman–Crippen MR) is 70.5 cm³/mol. The van der Waals surface area contributed by atoms with E-state index >= 15 is 0 Å². The van der Waals surface area contributed by atoms with E-state index in [0.29, 0.717) is 27.7 Å². The molecule has 0 saturated heterocycles. The highest BCUT2D eigenvalue weighted by molar-refractivity contribution is 9.10. The lowest BCUT2D eigenvalue weighted by molar-refractivity contribution is 0.455. The van der Waals surface area contributed by atoms with Crippen LogP contribution in [-0.2, 0) is 0 Å². The molecule has 1 N–H and O–H groups in total. The second kappa shape index (κ2) is 5.30. The van der Waals surface area contributed by atoms with Gasteiger partial charge in [-0.3, -0.25) is 0 Å². The first kappa shape index (κ1) is 12.8. The first-order valence-corrected chi connectivity index (χ1v) is 6.04. The lowest BCUT2D eigenvalue weighted by Crippen LogP contribution is -1.99. The molecule has 0 radical (unpaired) electrons. The van der Waals surface area contributed by atoms with E-state index in [2.05, 4.69) is 31.2 Å². The van der Waals surface area contributed by atoms with Crippen LogP contribution in [0.4, 0.5) is 10.2 Å². The smallest absolute Gasteiger partial charge is 0.224 e. The highest BCUT2D eigenvalue weighted by Gasteiger charge is 2.07. The van der Waals surface area contributed by atoms with Crippen molar-refractivity contribution in [1.82, 2.24) is 9.97 Å². The van der Waals surface area contributed by atoms with Gasteiger partial charge in [-0.05, 0) is 41.1 Å². The van der Waals surface area contributed by atoms with E-state index in [9.17, 15) is 4.39 Å². The fraction of sp³-hybridized carbons (Fsp3) is 0.167. The largest absolute Gasteiger partial charge is 0.438 e. The molecule has 0 unspecified atom stereocenters. The Morgan fingerprint density at radius 3 is 2.72 bits per heavy atom. The molecular formula is C12H11BrFN3O. The molecule has 0 aliphatic carbocycles. The van der Waals surface area contributed by atoms with E-state index in [0.717, 1.165) is 0 Å².